The van der Waals surface area contributed by atoms with Crippen LogP contribution in [0.25, 0.3) is 10.9 Å². The average Bonchev–Trinajstić information content (AvgIpc) is 3.03. The number of halogens is 1. The second-order valence-electron chi connectivity index (χ2n) is 8.35. The highest BCUT2D eigenvalue weighted by Crippen LogP contribution is 2.60. The zero-order chi connectivity index (χ0) is 21.3. The zero-order valence-corrected chi connectivity index (χ0v) is 17.7. The van der Waals surface area contributed by atoms with Gasteiger partial charge in [-0.2, -0.15) is 5.10 Å². The summed E-state index contributed by atoms with van der Waals surface area (Å²) in [5, 5.41) is 22.6. The molecule has 2 unspecified atom stereocenters. The summed E-state index contributed by atoms with van der Waals surface area (Å²) >= 11 is 6.22. The van der Waals surface area contributed by atoms with E-state index in [2.05, 4.69) is 15.5 Å². The summed E-state index contributed by atoms with van der Waals surface area (Å²) < 4.78 is 23.5. The van der Waals surface area contributed by atoms with Gasteiger partial charge in [-0.05, 0) is 60.6 Å². The molecule has 2 aromatic carbocycles. The predicted octanol–water partition coefficient (Wildman–Crippen LogP) is 2.65. The van der Waals surface area contributed by atoms with Crippen LogP contribution in [0.2, 0.25) is 5.02 Å². The molecule has 7 nitrogen and oxygen atoms in total. The van der Waals surface area contributed by atoms with Gasteiger partial charge in [0.25, 0.3) is 5.91 Å². The summed E-state index contributed by atoms with van der Waals surface area (Å²) in [6.45, 7) is 0. The van der Waals surface area contributed by atoms with E-state index in [9.17, 15) is 18.3 Å². The van der Waals surface area contributed by atoms with Crippen LogP contribution in [0.5, 0.6) is 0 Å². The number of nitrogens with zero attached hydrogens (tertiary/aromatic N) is 1. The summed E-state index contributed by atoms with van der Waals surface area (Å²) in [5.41, 5.74) is 0.840. The van der Waals surface area contributed by atoms with Crippen molar-refractivity contribution in [2.75, 3.05) is 6.26 Å². The molecule has 1 amide bonds. The standard InChI is InChI=1S/C21H20ClN3O4S/c1-30(28,29)13-4-2-3-11(5-13)20(26)24-19-14-8-21(27,9-15(14)19)17-6-12(22)7-18-16(17)10-23-25-18/h2-7,10,14-15,19,27H,8-9H2,1H3,(H,23,25)(H,24,26). The number of aliphatic hydroxyl groups is 1. The van der Waals surface area contributed by atoms with Gasteiger partial charge in [0.1, 0.15) is 0 Å². The normalized spacial score (nSPS) is 27.8. The molecule has 1 heterocycles. The van der Waals surface area contributed by atoms with Gasteiger partial charge in [-0.3, -0.25) is 9.89 Å². The molecule has 0 saturated heterocycles. The highest BCUT2D eigenvalue weighted by Gasteiger charge is 2.62. The number of aromatic nitrogens is 2. The lowest BCUT2D eigenvalue weighted by molar-refractivity contribution is 0.0293. The molecule has 2 aliphatic rings. The quantitative estimate of drug-likeness (QED) is 0.571. The molecule has 3 aromatic rings. The molecule has 30 heavy (non-hydrogen) atoms. The van der Waals surface area contributed by atoms with E-state index in [4.69, 9.17) is 11.6 Å². The Morgan fingerprint density at radius 2 is 2.00 bits per heavy atom. The number of benzene rings is 2. The Bertz CT molecular complexity index is 1270. The van der Waals surface area contributed by atoms with Gasteiger partial charge in [0.15, 0.2) is 9.84 Å². The summed E-state index contributed by atoms with van der Waals surface area (Å²) in [6.07, 6.45) is 3.85. The Labute approximate surface area is 178 Å². The number of aromatic amines is 1. The van der Waals surface area contributed by atoms with Crippen LogP contribution in [0.1, 0.15) is 28.8 Å². The molecule has 2 fully saturated rings. The Balaban J connectivity index is 1.31. The number of rotatable bonds is 4. The topological polar surface area (TPSA) is 112 Å². The lowest BCUT2D eigenvalue weighted by Crippen LogP contribution is -2.33. The van der Waals surface area contributed by atoms with E-state index in [0.29, 0.717) is 23.4 Å². The maximum Gasteiger partial charge on any atom is 0.251 e. The Kier molecular flexibility index (Phi) is 4.26. The van der Waals surface area contributed by atoms with Crippen LogP contribution in [0.15, 0.2) is 47.5 Å². The number of carbonyl (C=O) groups excluding carboxylic acids is 1. The molecule has 9 heteroatoms. The van der Waals surface area contributed by atoms with Crippen molar-refractivity contribution < 1.29 is 18.3 Å². The molecule has 156 valence electrons. The zero-order valence-electron chi connectivity index (χ0n) is 16.1. The highest BCUT2D eigenvalue weighted by molar-refractivity contribution is 7.90. The van der Waals surface area contributed by atoms with Gasteiger partial charge in [-0.25, -0.2) is 8.42 Å². The van der Waals surface area contributed by atoms with Crippen molar-refractivity contribution in [2.45, 2.75) is 29.4 Å². The van der Waals surface area contributed by atoms with Crippen molar-refractivity contribution in [1.82, 2.24) is 15.5 Å². The number of fused-ring (bicyclic) bond motifs is 2. The van der Waals surface area contributed by atoms with Gasteiger partial charge in [-0.1, -0.05) is 17.7 Å². The molecule has 0 bridgehead atoms. The first-order valence-electron chi connectivity index (χ1n) is 9.62. The number of sulfone groups is 1. The minimum Gasteiger partial charge on any atom is -0.385 e. The van der Waals surface area contributed by atoms with Crippen molar-refractivity contribution in [3.8, 4) is 0 Å². The summed E-state index contributed by atoms with van der Waals surface area (Å²) in [4.78, 5) is 12.7. The van der Waals surface area contributed by atoms with Crippen LogP contribution in [-0.2, 0) is 15.4 Å². The third-order valence-corrected chi connectivity index (χ3v) is 7.65. The molecule has 2 atom stereocenters. The van der Waals surface area contributed by atoms with Crippen molar-refractivity contribution in [3.05, 3.63) is 58.7 Å². The van der Waals surface area contributed by atoms with Gasteiger partial charge in [0.05, 0.1) is 22.2 Å². The molecule has 2 aliphatic carbocycles. The minimum absolute atomic E-state index is 0.0290. The molecule has 0 radical (unpaired) electrons. The highest BCUT2D eigenvalue weighted by atomic mass is 35.5. The monoisotopic (exact) mass is 445 g/mol. The first kappa shape index (κ1) is 19.5. The van der Waals surface area contributed by atoms with Crippen LogP contribution in [0, 0.1) is 11.8 Å². The second kappa shape index (κ2) is 6.54. The van der Waals surface area contributed by atoms with Crippen LogP contribution >= 0.6 is 11.6 Å². The molecule has 0 aliphatic heterocycles. The number of carbonyl (C=O) groups is 1. The fourth-order valence-electron chi connectivity index (χ4n) is 4.80. The van der Waals surface area contributed by atoms with Crippen LogP contribution < -0.4 is 5.32 Å². The Hall–Kier alpha value is -2.42. The molecule has 1 aromatic heterocycles. The van der Waals surface area contributed by atoms with Crippen molar-refractivity contribution >= 4 is 38.2 Å². The molecule has 2 saturated carbocycles. The average molecular weight is 446 g/mol. The number of hydrogen-bond donors (Lipinski definition) is 3. The number of amides is 1. The molecule has 3 N–H and O–H groups in total. The first-order valence-corrected chi connectivity index (χ1v) is 11.9. The third-order valence-electron chi connectivity index (χ3n) is 6.33. The number of hydrogen-bond acceptors (Lipinski definition) is 5. The maximum atomic E-state index is 12.6. The molecular weight excluding hydrogens is 426 g/mol. The van der Waals surface area contributed by atoms with Gasteiger partial charge in [0, 0.05) is 28.3 Å². The van der Waals surface area contributed by atoms with E-state index in [0.717, 1.165) is 22.7 Å². The summed E-state index contributed by atoms with van der Waals surface area (Å²) in [5.74, 6) is 0.0272. The molecular formula is C21H20ClN3O4S. The van der Waals surface area contributed by atoms with Crippen LogP contribution in [0.3, 0.4) is 0 Å². The smallest absolute Gasteiger partial charge is 0.251 e. The van der Waals surface area contributed by atoms with Crippen molar-refractivity contribution in [2.24, 2.45) is 11.8 Å². The second-order valence-corrected chi connectivity index (χ2v) is 10.8. The Morgan fingerprint density at radius 3 is 2.70 bits per heavy atom. The van der Waals surface area contributed by atoms with E-state index in [1.54, 1.807) is 30.5 Å². The first-order chi connectivity index (χ1) is 14.2. The summed E-state index contributed by atoms with van der Waals surface area (Å²) in [7, 11) is -3.38. The lowest BCUT2D eigenvalue weighted by Gasteiger charge is -2.27. The largest absolute Gasteiger partial charge is 0.385 e. The lowest BCUT2D eigenvalue weighted by atomic mass is 9.86. The number of nitrogens with one attached hydrogen (secondary N) is 2. The van der Waals surface area contributed by atoms with Crippen molar-refractivity contribution in [3.63, 3.8) is 0 Å². The van der Waals surface area contributed by atoms with Gasteiger partial charge >= 0.3 is 0 Å². The maximum absolute atomic E-state index is 12.6. The Morgan fingerprint density at radius 1 is 1.27 bits per heavy atom. The van der Waals surface area contributed by atoms with Crippen LogP contribution in [0.4, 0.5) is 0 Å². The third kappa shape index (κ3) is 3.19. The molecule has 5 rings (SSSR count). The van der Waals surface area contributed by atoms with E-state index in [1.165, 1.54) is 12.1 Å². The van der Waals surface area contributed by atoms with E-state index in [-0.39, 0.29) is 28.7 Å². The minimum atomic E-state index is -3.38. The number of H-pyrrole nitrogens is 1. The van der Waals surface area contributed by atoms with Crippen LogP contribution in [-0.4, -0.2) is 41.9 Å². The van der Waals surface area contributed by atoms with Gasteiger partial charge in [0.2, 0.25) is 0 Å². The van der Waals surface area contributed by atoms with E-state index in [1.807, 2.05) is 0 Å². The van der Waals surface area contributed by atoms with Gasteiger partial charge in [-0.15, -0.1) is 0 Å². The van der Waals surface area contributed by atoms with Crippen molar-refractivity contribution in [1.29, 1.82) is 0 Å². The van der Waals surface area contributed by atoms with Gasteiger partial charge < -0.3 is 10.4 Å². The summed E-state index contributed by atoms with van der Waals surface area (Å²) in [6, 6.07) is 9.56. The predicted molar refractivity (Wildman–Crippen MR) is 112 cm³/mol. The van der Waals surface area contributed by atoms with E-state index < -0.39 is 15.4 Å². The fourth-order valence-corrected chi connectivity index (χ4v) is 5.69. The SMILES string of the molecule is CS(=O)(=O)c1cccc(C(=O)NC2C3CC(O)(c4cc(Cl)cc5[nH]ncc45)CC32)c1. The molecule has 0 spiro atoms. The fraction of sp³-hybridized carbons (Fsp3) is 0.333. The van der Waals surface area contributed by atoms with E-state index >= 15 is 0 Å².